The fraction of sp³-hybridized carbons (Fsp3) is 0.515. The van der Waals surface area contributed by atoms with Crippen LogP contribution in [0.5, 0.6) is 0 Å². The number of fused-ring (bicyclic) bond motifs is 3. The van der Waals surface area contributed by atoms with Crippen LogP contribution in [0.2, 0.25) is 0 Å². The van der Waals surface area contributed by atoms with Crippen LogP contribution >= 0.6 is 0 Å². The molecule has 4 rings (SSSR count). The Kier molecular flexibility index (Phi) is 10.9. The fourth-order valence-corrected chi connectivity index (χ4v) is 5.74. The molecule has 0 bridgehead atoms. The van der Waals surface area contributed by atoms with Gasteiger partial charge in [-0.15, -0.1) is 0 Å². The average molecular weight is 609 g/mol. The van der Waals surface area contributed by atoms with Crippen molar-refractivity contribution in [3.8, 4) is 11.1 Å². The van der Waals surface area contributed by atoms with Gasteiger partial charge in [0, 0.05) is 45.7 Å². The maximum Gasteiger partial charge on any atom is 0.410 e. The summed E-state index contributed by atoms with van der Waals surface area (Å²) in [6, 6.07) is 14.8. The van der Waals surface area contributed by atoms with E-state index in [0.29, 0.717) is 45.6 Å². The van der Waals surface area contributed by atoms with E-state index >= 15 is 0 Å². The molecule has 1 unspecified atom stereocenters. The first-order valence-electron chi connectivity index (χ1n) is 15.2. The van der Waals surface area contributed by atoms with Crippen LogP contribution in [0.15, 0.2) is 48.5 Å². The van der Waals surface area contributed by atoms with Crippen LogP contribution in [0.4, 0.5) is 9.59 Å². The molecule has 3 amide bonds. The third-order valence-electron chi connectivity index (χ3n) is 7.99. The van der Waals surface area contributed by atoms with E-state index in [1.54, 1.807) is 4.90 Å². The van der Waals surface area contributed by atoms with E-state index < -0.39 is 23.7 Å². The van der Waals surface area contributed by atoms with Crippen LogP contribution in [0.3, 0.4) is 0 Å². The van der Waals surface area contributed by atoms with Crippen molar-refractivity contribution in [3.63, 3.8) is 0 Å². The Labute approximate surface area is 259 Å². The van der Waals surface area contributed by atoms with Crippen molar-refractivity contribution >= 4 is 24.1 Å². The minimum Gasteiger partial charge on any atom is -0.480 e. The van der Waals surface area contributed by atoms with Gasteiger partial charge in [-0.25, -0.2) is 14.4 Å². The Hall–Kier alpha value is -4.12. The van der Waals surface area contributed by atoms with Crippen molar-refractivity contribution in [2.75, 3.05) is 52.9 Å². The smallest absolute Gasteiger partial charge is 0.410 e. The molecule has 2 aliphatic rings. The number of carboxylic acids is 1. The Morgan fingerprint density at radius 2 is 1.55 bits per heavy atom. The number of nitrogens with zero attached hydrogens (tertiary/aromatic N) is 3. The van der Waals surface area contributed by atoms with Gasteiger partial charge in [0.1, 0.15) is 18.2 Å². The number of hydrogen-bond acceptors (Lipinski definition) is 7. The number of aliphatic carboxylic acids is 1. The van der Waals surface area contributed by atoms with Gasteiger partial charge in [0.15, 0.2) is 0 Å². The molecule has 238 valence electrons. The van der Waals surface area contributed by atoms with E-state index in [1.807, 2.05) is 62.1 Å². The number of hydrogen-bond donors (Lipinski definition) is 2. The molecule has 1 atom stereocenters. The van der Waals surface area contributed by atoms with Gasteiger partial charge in [-0.3, -0.25) is 14.6 Å². The zero-order valence-corrected chi connectivity index (χ0v) is 26.1. The lowest BCUT2D eigenvalue weighted by molar-refractivity contribution is -0.156. The third-order valence-corrected chi connectivity index (χ3v) is 7.99. The molecule has 1 heterocycles. The SMILES string of the molecule is CN(C(=O)OCC1c2ccccc2-c2ccccc21)C(CCCCNC(=O)N1CCN(CC(=O)OC(C)(C)C)CC1)C(=O)O. The van der Waals surface area contributed by atoms with Crippen LogP contribution in [0.25, 0.3) is 11.1 Å². The van der Waals surface area contributed by atoms with Gasteiger partial charge in [-0.1, -0.05) is 48.5 Å². The molecule has 0 saturated carbocycles. The normalized spacial score (nSPS) is 15.6. The summed E-state index contributed by atoms with van der Waals surface area (Å²) in [5.74, 6) is -1.49. The van der Waals surface area contributed by atoms with Crippen molar-refractivity contribution in [3.05, 3.63) is 59.7 Å². The van der Waals surface area contributed by atoms with Gasteiger partial charge in [0.2, 0.25) is 0 Å². The molecule has 1 aliphatic carbocycles. The van der Waals surface area contributed by atoms with Crippen LogP contribution in [-0.2, 0) is 19.1 Å². The number of likely N-dealkylation sites (N-methyl/N-ethyl adjacent to an activating group) is 1. The van der Waals surface area contributed by atoms with Crippen molar-refractivity contribution in [2.45, 2.75) is 57.6 Å². The quantitative estimate of drug-likeness (QED) is 0.288. The largest absolute Gasteiger partial charge is 0.480 e. The second kappa shape index (κ2) is 14.6. The highest BCUT2D eigenvalue weighted by Gasteiger charge is 2.32. The highest BCUT2D eigenvalue weighted by atomic mass is 16.6. The van der Waals surface area contributed by atoms with Gasteiger partial charge in [0.05, 0.1) is 6.54 Å². The molecule has 2 aromatic carbocycles. The maximum absolute atomic E-state index is 12.9. The van der Waals surface area contributed by atoms with E-state index in [0.717, 1.165) is 27.2 Å². The van der Waals surface area contributed by atoms with E-state index in [-0.39, 0.29) is 37.5 Å². The molecule has 1 fully saturated rings. The third kappa shape index (κ3) is 8.49. The monoisotopic (exact) mass is 608 g/mol. The summed E-state index contributed by atoms with van der Waals surface area (Å²) in [6.07, 6.45) is 0.613. The number of carbonyl (C=O) groups excluding carboxylic acids is 3. The second-order valence-electron chi connectivity index (χ2n) is 12.3. The summed E-state index contributed by atoms with van der Waals surface area (Å²) in [5, 5.41) is 12.7. The molecule has 1 saturated heterocycles. The number of benzene rings is 2. The van der Waals surface area contributed by atoms with E-state index in [9.17, 15) is 24.3 Å². The summed E-state index contributed by atoms with van der Waals surface area (Å²) in [4.78, 5) is 54.4. The van der Waals surface area contributed by atoms with Gasteiger partial charge < -0.3 is 24.8 Å². The number of amides is 3. The first-order chi connectivity index (χ1) is 20.9. The Morgan fingerprint density at radius 1 is 0.955 bits per heavy atom. The van der Waals surface area contributed by atoms with Gasteiger partial charge >= 0.3 is 24.1 Å². The lowest BCUT2D eigenvalue weighted by atomic mass is 9.98. The zero-order valence-electron chi connectivity index (χ0n) is 26.1. The molecular weight excluding hydrogens is 564 g/mol. The molecule has 0 spiro atoms. The van der Waals surface area contributed by atoms with E-state index in [1.165, 1.54) is 7.05 Å². The van der Waals surface area contributed by atoms with Gasteiger partial charge in [-0.2, -0.15) is 0 Å². The zero-order chi connectivity index (χ0) is 31.9. The molecule has 2 aromatic rings. The van der Waals surface area contributed by atoms with Gasteiger partial charge in [-0.05, 0) is 62.3 Å². The highest BCUT2D eigenvalue weighted by molar-refractivity contribution is 5.81. The second-order valence-corrected chi connectivity index (χ2v) is 12.3. The number of piperazine rings is 1. The van der Waals surface area contributed by atoms with Crippen LogP contribution in [-0.4, -0.2) is 108 Å². The Balaban J connectivity index is 1.16. The maximum atomic E-state index is 12.9. The summed E-state index contributed by atoms with van der Waals surface area (Å²) in [6.45, 7) is 8.35. The lowest BCUT2D eigenvalue weighted by Gasteiger charge is -2.34. The van der Waals surface area contributed by atoms with Crippen molar-refractivity contribution in [2.24, 2.45) is 0 Å². The molecule has 11 nitrogen and oxygen atoms in total. The topological polar surface area (TPSA) is 129 Å². The first kappa shape index (κ1) is 32.8. The predicted octanol–water partition coefficient (Wildman–Crippen LogP) is 4.16. The van der Waals surface area contributed by atoms with Crippen LogP contribution < -0.4 is 5.32 Å². The average Bonchev–Trinajstić information content (AvgIpc) is 3.30. The predicted molar refractivity (Wildman–Crippen MR) is 165 cm³/mol. The number of nitrogens with one attached hydrogen (secondary N) is 1. The lowest BCUT2D eigenvalue weighted by Crippen LogP contribution is -2.53. The molecule has 11 heteroatoms. The molecule has 44 heavy (non-hydrogen) atoms. The summed E-state index contributed by atoms with van der Waals surface area (Å²) < 4.78 is 11.0. The van der Waals surface area contributed by atoms with Crippen molar-refractivity contribution in [1.82, 2.24) is 20.0 Å². The standard InChI is InChI=1S/C33H44N4O7/c1-33(2,3)44-29(38)21-36-17-19-37(20-18-36)31(41)34-16-10-9-15-28(30(39)40)35(4)32(42)43-22-27-25-13-7-5-11-23(25)24-12-6-8-14-26(24)27/h5-8,11-14,27-28H,9-10,15-22H2,1-4H3,(H,34,41)(H,39,40). The number of rotatable bonds is 11. The van der Waals surface area contributed by atoms with Gasteiger partial charge in [0.25, 0.3) is 0 Å². The molecule has 2 N–H and O–H groups in total. The summed E-state index contributed by atoms with van der Waals surface area (Å²) >= 11 is 0. The Bertz CT molecular complexity index is 1290. The molecule has 0 aromatic heterocycles. The van der Waals surface area contributed by atoms with Crippen molar-refractivity contribution < 1.29 is 33.8 Å². The minimum absolute atomic E-state index is 0.111. The minimum atomic E-state index is -1.10. The summed E-state index contributed by atoms with van der Waals surface area (Å²) in [7, 11) is 1.45. The van der Waals surface area contributed by atoms with E-state index in [2.05, 4.69) is 17.4 Å². The number of ether oxygens (including phenoxy) is 2. The Morgan fingerprint density at radius 3 is 2.11 bits per heavy atom. The number of urea groups is 1. The fourth-order valence-electron chi connectivity index (χ4n) is 5.74. The number of esters is 1. The number of carbonyl (C=O) groups is 4. The van der Waals surface area contributed by atoms with Crippen LogP contribution in [0.1, 0.15) is 57.1 Å². The molecular formula is C33H44N4O7. The highest BCUT2D eigenvalue weighted by Crippen LogP contribution is 2.44. The molecule has 1 aliphatic heterocycles. The molecule has 0 radical (unpaired) electrons. The van der Waals surface area contributed by atoms with E-state index in [4.69, 9.17) is 9.47 Å². The van der Waals surface area contributed by atoms with Crippen LogP contribution in [0, 0.1) is 0 Å². The summed E-state index contributed by atoms with van der Waals surface area (Å²) in [5.41, 5.74) is 3.88. The first-order valence-corrected chi connectivity index (χ1v) is 15.2. The number of unbranched alkanes of at least 4 members (excludes halogenated alkanes) is 1. The van der Waals surface area contributed by atoms with Crippen molar-refractivity contribution in [1.29, 1.82) is 0 Å². The number of carboxylic acid groups (broad SMARTS) is 1.